The van der Waals surface area contributed by atoms with Gasteiger partial charge < -0.3 is 19.4 Å². The Balaban J connectivity index is 1.94. The zero-order chi connectivity index (χ0) is 18.6. The van der Waals surface area contributed by atoms with Gasteiger partial charge in [0.25, 0.3) is 5.91 Å². The van der Waals surface area contributed by atoms with E-state index in [0.717, 1.165) is 0 Å². The van der Waals surface area contributed by atoms with Crippen molar-refractivity contribution < 1.29 is 23.9 Å². The highest BCUT2D eigenvalue weighted by molar-refractivity contribution is 6.32. The van der Waals surface area contributed by atoms with Crippen molar-refractivity contribution in [3.05, 3.63) is 46.7 Å². The lowest BCUT2D eigenvalue weighted by atomic mass is 10.2. The van der Waals surface area contributed by atoms with Crippen LogP contribution in [-0.4, -0.2) is 35.9 Å². The summed E-state index contributed by atoms with van der Waals surface area (Å²) in [6, 6.07) is 6.17. The van der Waals surface area contributed by atoms with Crippen LogP contribution in [0.5, 0.6) is 5.75 Å². The number of Topliss-reactive ketones (excluding diaryl/α,β-unsaturated/α-hetero) is 1. The van der Waals surface area contributed by atoms with Gasteiger partial charge in [-0.25, -0.2) is 4.79 Å². The predicted molar refractivity (Wildman–Crippen MR) is 92.3 cm³/mol. The van der Waals surface area contributed by atoms with Gasteiger partial charge in [0.2, 0.25) is 0 Å². The second-order valence-electron chi connectivity index (χ2n) is 5.25. The van der Waals surface area contributed by atoms with Crippen LogP contribution in [0.4, 0.5) is 5.69 Å². The van der Waals surface area contributed by atoms with Gasteiger partial charge in [0, 0.05) is 24.5 Å². The van der Waals surface area contributed by atoms with Crippen LogP contribution in [0.25, 0.3) is 0 Å². The molecule has 1 heterocycles. The quantitative estimate of drug-likeness (QED) is 0.629. The zero-order valence-electron chi connectivity index (χ0n) is 14.0. The number of ketones is 1. The molecule has 132 valence electrons. The maximum Gasteiger partial charge on any atom is 0.355 e. The molecule has 0 atom stereocenters. The van der Waals surface area contributed by atoms with Crippen LogP contribution >= 0.6 is 11.6 Å². The fraction of sp³-hybridized carbons (Fsp3) is 0.235. The third kappa shape index (κ3) is 4.60. The van der Waals surface area contributed by atoms with E-state index in [1.54, 1.807) is 19.2 Å². The Hall–Kier alpha value is -2.80. The number of aryl methyl sites for hydroxylation is 1. The third-order valence-corrected chi connectivity index (χ3v) is 3.69. The van der Waals surface area contributed by atoms with Crippen LogP contribution in [0.3, 0.4) is 0 Å². The molecule has 0 saturated carbocycles. The molecule has 0 radical (unpaired) electrons. The minimum atomic E-state index is -0.696. The minimum Gasteiger partial charge on any atom is -0.495 e. The van der Waals surface area contributed by atoms with Gasteiger partial charge in [0.15, 0.2) is 12.4 Å². The molecule has 1 amide bonds. The molecule has 0 spiro atoms. The summed E-state index contributed by atoms with van der Waals surface area (Å²) in [5.74, 6) is -0.895. The maximum atomic E-state index is 12.0. The Bertz CT molecular complexity index is 828. The largest absolute Gasteiger partial charge is 0.495 e. The van der Waals surface area contributed by atoms with Crippen molar-refractivity contribution >= 4 is 34.9 Å². The molecular formula is C17H17ClN2O5. The molecule has 1 N–H and O–H groups in total. The summed E-state index contributed by atoms with van der Waals surface area (Å²) in [7, 11) is 3.10. The fourth-order valence-electron chi connectivity index (χ4n) is 2.11. The van der Waals surface area contributed by atoms with Crippen LogP contribution in [0, 0.1) is 0 Å². The van der Waals surface area contributed by atoms with Crippen molar-refractivity contribution in [1.82, 2.24) is 4.57 Å². The summed E-state index contributed by atoms with van der Waals surface area (Å²) in [5.41, 5.74) is 1.03. The number of ether oxygens (including phenoxy) is 2. The SMILES string of the molecule is COc1ccc(NC(=O)COC(=O)c2cc(C(C)=O)cn2C)cc1Cl. The molecule has 0 aliphatic carbocycles. The van der Waals surface area contributed by atoms with Gasteiger partial charge in [-0.3, -0.25) is 9.59 Å². The zero-order valence-corrected chi connectivity index (χ0v) is 14.7. The first-order valence-corrected chi connectivity index (χ1v) is 7.67. The molecular weight excluding hydrogens is 348 g/mol. The van der Waals surface area contributed by atoms with E-state index in [9.17, 15) is 14.4 Å². The molecule has 0 bridgehead atoms. The Morgan fingerprint density at radius 3 is 2.52 bits per heavy atom. The first kappa shape index (κ1) is 18.5. The van der Waals surface area contributed by atoms with Crippen LogP contribution in [-0.2, 0) is 16.6 Å². The van der Waals surface area contributed by atoms with Crippen LogP contribution in [0.15, 0.2) is 30.5 Å². The number of nitrogens with one attached hydrogen (secondary N) is 1. The first-order valence-electron chi connectivity index (χ1n) is 7.29. The van der Waals surface area contributed by atoms with Gasteiger partial charge >= 0.3 is 5.97 Å². The molecule has 2 rings (SSSR count). The Morgan fingerprint density at radius 1 is 1.24 bits per heavy atom. The van der Waals surface area contributed by atoms with Crippen LogP contribution in [0.1, 0.15) is 27.8 Å². The van der Waals surface area contributed by atoms with Gasteiger partial charge in [0.1, 0.15) is 11.4 Å². The Morgan fingerprint density at radius 2 is 1.96 bits per heavy atom. The van der Waals surface area contributed by atoms with Gasteiger partial charge in [-0.2, -0.15) is 0 Å². The molecule has 2 aromatic rings. The number of nitrogens with zero attached hydrogens (tertiary/aromatic N) is 1. The average Bonchev–Trinajstić information content (AvgIpc) is 2.95. The van der Waals surface area contributed by atoms with Gasteiger partial charge in [-0.1, -0.05) is 11.6 Å². The molecule has 0 fully saturated rings. The lowest BCUT2D eigenvalue weighted by Gasteiger charge is -2.09. The third-order valence-electron chi connectivity index (χ3n) is 3.39. The fourth-order valence-corrected chi connectivity index (χ4v) is 2.36. The number of aromatic nitrogens is 1. The molecule has 25 heavy (non-hydrogen) atoms. The monoisotopic (exact) mass is 364 g/mol. The molecule has 0 aliphatic heterocycles. The number of benzene rings is 1. The van der Waals surface area contributed by atoms with E-state index < -0.39 is 18.5 Å². The topological polar surface area (TPSA) is 86.6 Å². The minimum absolute atomic E-state index is 0.163. The van der Waals surface area contributed by atoms with Crippen molar-refractivity contribution in [2.24, 2.45) is 7.05 Å². The molecule has 0 saturated heterocycles. The Labute approximate surface area is 149 Å². The van der Waals surface area contributed by atoms with E-state index in [1.165, 1.54) is 36.9 Å². The van der Waals surface area contributed by atoms with E-state index in [1.807, 2.05) is 0 Å². The number of hydrogen-bond acceptors (Lipinski definition) is 5. The summed E-state index contributed by atoms with van der Waals surface area (Å²) in [6.45, 7) is 0.931. The van der Waals surface area contributed by atoms with Crippen molar-refractivity contribution in [2.75, 3.05) is 19.0 Å². The summed E-state index contributed by atoms with van der Waals surface area (Å²) < 4.78 is 11.5. The molecule has 7 nitrogen and oxygen atoms in total. The number of carbonyl (C=O) groups is 3. The highest BCUT2D eigenvalue weighted by Gasteiger charge is 2.16. The normalized spacial score (nSPS) is 10.2. The maximum absolute atomic E-state index is 12.0. The lowest BCUT2D eigenvalue weighted by Crippen LogP contribution is -2.21. The number of carbonyl (C=O) groups excluding carboxylic acids is 3. The molecule has 1 aromatic heterocycles. The van der Waals surface area contributed by atoms with Crippen LogP contribution < -0.4 is 10.1 Å². The van der Waals surface area contributed by atoms with E-state index in [2.05, 4.69) is 5.32 Å². The van der Waals surface area contributed by atoms with Crippen molar-refractivity contribution in [3.8, 4) is 5.75 Å². The number of anilines is 1. The smallest absolute Gasteiger partial charge is 0.355 e. The number of hydrogen-bond donors (Lipinski definition) is 1. The molecule has 0 unspecified atom stereocenters. The van der Waals surface area contributed by atoms with E-state index in [-0.39, 0.29) is 11.5 Å². The lowest BCUT2D eigenvalue weighted by molar-refractivity contribution is -0.119. The standard InChI is InChI=1S/C17H17ClN2O5/c1-10(21)11-6-14(20(2)8-11)17(23)25-9-16(22)19-12-4-5-15(24-3)13(18)7-12/h4-8H,9H2,1-3H3,(H,19,22). The predicted octanol–water partition coefficient (Wildman–Crippen LogP) is 2.69. The number of halogens is 1. The van der Waals surface area contributed by atoms with Crippen molar-refractivity contribution in [2.45, 2.75) is 6.92 Å². The molecule has 1 aromatic carbocycles. The summed E-state index contributed by atoms with van der Waals surface area (Å²) in [4.78, 5) is 35.2. The summed E-state index contributed by atoms with van der Waals surface area (Å²) in [5, 5.41) is 2.91. The van der Waals surface area contributed by atoms with E-state index >= 15 is 0 Å². The second kappa shape index (κ2) is 7.85. The van der Waals surface area contributed by atoms with E-state index in [0.29, 0.717) is 22.0 Å². The number of amides is 1. The molecule has 8 heteroatoms. The summed E-state index contributed by atoms with van der Waals surface area (Å²) in [6.07, 6.45) is 1.53. The summed E-state index contributed by atoms with van der Waals surface area (Å²) >= 11 is 5.97. The van der Waals surface area contributed by atoms with Gasteiger partial charge in [-0.15, -0.1) is 0 Å². The van der Waals surface area contributed by atoms with E-state index in [4.69, 9.17) is 21.1 Å². The van der Waals surface area contributed by atoms with Gasteiger partial charge in [0.05, 0.1) is 12.1 Å². The highest BCUT2D eigenvalue weighted by atomic mass is 35.5. The first-order chi connectivity index (χ1) is 11.8. The number of esters is 1. The van der Waals surface area contributed by atoms with Gasteiger partial charge in [-0.05, 0) is 31.2 Å². The number of methoxy groups -OCH3 is 1. The highest BCUT2D eigenvalue weighted by Crippen LogP contribution is 2.27. The Kier molecular flexibility index (Phi) is 5.82. The second-order valence-corrected chi connectivity index (χ2v) is 5.66. The molecule has 0 aliphatic rings. The average molecular weight is 365 g/mol. The van der Waals surface area contributed by atoms with Crippen LogP contribution in [0.2, 0.25) is 5.02 Å². The van der Waals surface area contributed by atoms with Crippen molar-refractivity contribution in [3.63, 3.8) is 0 Å². The number of rotatable bonds is 6. The van der Waals surface area contributed by atoms with Crippen molar-refractivity contribution in [1.29, 1.82) is 0 Å².